The number of ether oxygens (including phenoxy) is 1. The lowest BCUT2D eigenvalue weighted by atomic mass is 9.82. The Morgan fingerprint density at radius 3 is 2.39 bits per heavy atom. The summed E-state index contributed by atoms with van der Waals surface area (Å²) in [6.45, 7) is 0.383. The highest BCUT2D eigenvalue weighted by molar-refractivity contribution is 7.92. The lowest BCUT2D eigenvalue weighted by Gasteiger charge is -2.21. The van der Waals surface area contributed by atoms with Crippen molar-refractivity contribution in [2.75, 3.05) is 16.2 Å². The van der Waals surface area contributed by atoms with E-state index < -0.39 is 45.9 Å². The first-order valence-electron chi connectivity index (χ1n) is 9.94. The Balaban J connectivity index is 1.33. The maximum Gasteiger partial charge on any atom is 0.310 e. The molecule has 0 aromatic heterocycles. The number of sulfonamides is 1. The number of carboxylic acids is 1. The van der Waals surface area contributed by atoms with Gasteiger partial charge in [0.15, 0.2) is 0 Å². The Bertz CT molecular complexity index is 1190. The summed E-state index contributed by atoms with van der Waals surface area (Å²) in [6.07, 6.45) is 2.87. The molecular formula is C22H20N2O6S. The average molecular weight is 440 g/mol. The minimum Gasteiger partial charge on any atom is -0.481 e. The standard InChI is InChI=1S/C22H20N2O6S/c25-21(19-17-9-10-18(30-17)20(19)22(26)27)23-14-5-7-15(8-6-14)31(28,29)24-12-11-13-3-1-2-4-16(13)24/h1-10,17-20H,11-12H2,(H,23,25)(H,26,27)/t17-,18-,19+,20+/m1/s1. The van der Waals surface area contributed by atoms with Gasteiger partial charge in [0.2, 0.25) is 5.91 Å². The zero-order valence-electron chi connectivity index (χ0n) is 16.3. The third-order valence-corrected chi connectivity index (χ3v) is 7.87. The SMILES string of the molecule is O=C(O)[C@@H]1[C@@H](C(=O)Nc2ccc(S(=O)(=O)N3CCc4ccccc43)cc2)[C@H]2C=C[C@H]1O2. The van der Waals surface area contributed by atoms with Crippen LogP contribution in [0.15, 0.2) is 65.6 Å². The lowest BCUT2D eigenvalue weighted by Crippen LogP contribution is -2.39. The first kappa shape index (κ1) is 19.8. The molecule has 2 aromatic rings. The normalized spacial score (nSPS) is 26.1. The van der Waals surface area contributed by atoms with Crippen molar-refractivity contribution in [3.05, 3.63) is 66.2 Å². The predicted octanol–water partition coefficient (Wildman–Crippen LogP) is 2.03. The summed E-state index contributed by atoms with van der Waals surface area (Å²) in [6, 6.07) is 13.3. The summed E-state index contributed by atoms with van der Waals surface area (Å²) in [5, 5.41) is 12.1. The molecule has 0 spiro atoms. The molecule has 1 amide bonds. The van der Waals surface area contributed by atoms with Crippen LogP contribution in [0.25, 0.3) is 0 Å². The van der Waals surface area contributed by atoms with Crippen LogP contribution < -0.4 is 9.62 Å². The van der Waals surface area contributed by atoms with Gasteiger partial charge in [-0.05, 0) is 42.3 Å². The van der Waals surface area contributed by atoms with E-state index in [1.165, 1.54) is 28.6 Å². The number of hydrogen-bond donors (Lipinski definition) is 2. The number of nitrogens with one attached hydrogen (secondary N) is 1. The lowest BCUT2D eigenvalue weighted by molar-refractivity contribution is -0.145. The van der Waals surface area contributed by atoms with E-state index in [0.29, 0.717) is 24.3 Å². The Kier molecular flexibility index (Phi) is 4.60. The molecule has 2 N–H and O–H groups in total. The van der Waals surface area contributed by atoms with Crippen LogP contribution in [-0.2, 0) is 30.8 Å². The van der Waals surface area contributed by atoms with Crippen molar-refractivity contribution in [1.82, 2.24) is 0 Å². The summed E-state index contributed by atoms with van der Waals surface area (Å²) in [5.74, 6) is -3.32. The van der Waals surface area contributed by atoms with Gasteiger partial charge in [-0.2, -0.15) is 0 Å². The van der Waals surface area contributed by atoms with Crippen LogP contribution in [-0.4, -0.2) is 44.2 Å². The van der Waals surface area contributed by atoms with E-state index >= 15 is 0 Å². The Hall–Kier alpha value is -3.17. The summed E-state index contributed by atoms with van der Waals surface area (Å²) < 4.78 is 33.1. The molecule has 8 nitrogen and oxygen atoms in total. The molecule has 3 aliphatic heterocycles. The zero-order chi connectivity index (χ0) is 21.8. The first-order valence-corrected chi connectivity index (χ1v) is 11.4. The Morgan fingerprint density at radius 1 is 1.00 bits per heavy atom. The topological polar surface area (TPSA) is 113 Å². The monoisotopic (exact) mass is 440 g/mol. The van der Waals surface area contributed by atoms with Gasteiger partial charge >= 0.3 is 5.97 Å². The van der Waals surface area contributed by atoms with Crippen molar-refractivity contribution in [1.29, 1.82) is 0 Å². The van der Waals surface area contributed by atoms with Gasteiger partial charge < -0.3 is 15.2 Å². The van der Waals surface area contributed by atoms with E-state index in [-0.39, 0.29) is 4.90 Å². The smallest absolute Gasteiger partial charge is 0.310 e. The fourth-order valence-corrected chi connectivity index (χ4v) is 6.04. The number of anilines is 2. The van der Waals surface area contributed by atoms with Crippen LogP contribution >= 0.6 is 0 Å². The third kappa shape index (κ3) is 3.21. The van der Waals surface area contributed by atoms with E-state index in [4.69, 9.17) is 4.74 Å². The highest BCUT2D eigenvalue weighted by Gasteiger charge is 2.53. The molecule has 5 rings (SSSR count). The number of rotatable bonds is 5. The molecule has 9 heteroatoms. The molecule has 0 aliphatic carbocycles. The molecule has 1 fully saturated rings. The van der Waals surface area contributed by atoms with E-state index in [1.54, 1.807) is 18.2 Å². The molecule has 2 bridgehead atoms. The van der Waals surface area contributed by atoms with Gasteiger partial charge in [-0.3, -0.25) is 13.9 Å². The van der Waals surface area contributed by atoms with Crippen LogP contribution in [0.3, 0.4) is 0 Å². The van der Waals surface area contributed by atoms with Crippen LogP contribution in [0.5, 0.6) is 0 Å². The number of amides is 1. The molecule has 3 aliphatic rings. The van der Waals surface area contributed by atoms with E-state index in [9.17, 15) is 23.1 Å². The van der Waals surface area contributed by atoms with Crippen LogP contribution in [0.1, 0.15) is 5.56 Å². The van der Waals surface area contributed by atoms with Gasteiger partial charge in [-0.15, -0.1) is 0 Å². The van der Waals surface area contributed by atoms with Gasteiger partial charge in [0.05, 0.1) is 28.7 Å². The largest absolute Gasteiger partial charge is 0.481 e. The Labute approximate surface area is 179 Å². The molecular weight excluding hydrogens is 420 g/mol. The van der Waals surface area contributed by atoms with Gasteiger partial charge in [0, 0.05) is 12.2 Å². The number of aliphatic carboxylic acids is 1. The number of para-hydroxylation sites is 1. The highest BCUT2D eigenvalue weighted by atomic mass is 32.2. The fraction of sp³-hybridized carbons (Fsp3) is 0.273. The summed E-state index contributed by atoms with van der Waals surface area (Å²) in [7, 11) is -3.73. The second-order valence-corrected chi connectivity index (χ2v) is 9.67. The van der Waals surface area contributed by atoms with Crippen molar-refractivity contribution >= 4 is 33.3 Å². The third-order valence-electron chi connectivity index (χ3n) is 6.04. The number of fused-ring (bicyclic) bond motifs is 3. The van der Waals surface area contributed by atoms with Gasteiger partial charge in [0.25, 0.3) is 10.0 Å². The quantitative estimate of drug-likeness (QED) is 0.688. The zero-order valence-corrected chi connectivity index (χ0v) is 17.2. The van der Waals surface area contributed by atoms with E-state index in [1.807, 2.05) is 18.2 Å². The van der Waals surface area contributed by atoms with Crippen LogP contribution in [0, 0.1) is 11.8 Å². The minimum atomic E-state index is -3.73. The highest BCUT2D eigenvalue weighted by Crippen LogP contribution is 2.40. The van der Waals surface area contributed by atoms with Crippen molar-refractivity contribution in [3.8, 4) is 0 Å². The fourth-order valence-electron chi connectivity index (χ4n) is 4.54. The molecule has 3 heterocycles. The number of carbonyl (C=O) groups is 2. The molecule has 160 valence electrons. The van der Waals surface area contributed by atoms with E-state index in [0.717, 1.165) is 5.56 Å². The van der Waals surface area contributed by atoms with Gasteiger partial charge in [-0.1, -0.05) is 30.4 Å². The average Bonchev–Trinajstić information content (AvgIpc) is 3.48. The second-order valence-electron chi connectivity index (χ2n) is 7.81. The summed E-state index contributed by atoms with van der Waals surface area (Å²) >= 11 is 0. The second kappa shape index (κ2) is 7.21. The van der Waals surface area contributed by atoms with Gasteiger partial charge in [-0.25, -0.2) is 8.42 Å². The van der Waals surface area contributed by atoms with Crippen molar-refractivity contribution in [2.24, 2.45) is 11.8 Å². The molecule has 4 atom stereocenters. The number of nitrogens with zero attached hydrogens (tertiary/aromatic N) is 1. The molecule has 0 radical (unpaired) electrons. The van der Waals surface area contributed by atoms with Crippen molar-refractivity contribution < 1.29 is 27.9 Å². The van der Waals surface area contributed by atoms with Crippen LogP contribution in [0.4, 0.5) is 11.4 Å². The molecule has 31 heavy (non-hydrogen) atoms. The predicted molar refractivity (Wildman–Crippen MR) is 112 cm³/mol. The van der Waals surface area contributed by atoms with Crippen molar-refractivity contribution in [3.63, 3.8) is 0 Å². The van der Waals surface area contributed by atoms with Crippen molar-refractivity contribution in [2.45, 2.75) is 23.5 Å². The number of carbonyl (C=O) groups excluding carboxylic acids is 1. The number of carboxylic acid groups (broad SMARTS) is 1. The Morgan fingerprint density at radius 2 is 1.68 bits per heavy atom. The summed E-state index contributed by atoms with van der Waals surface area (Å²) in [4.78, 5) is 24.4. The maximum atomic E-state index is 13.1. The number of benzene rings is 2. The molecule has 1 saturated heterocycles. The molecule has 0 unspecified atom stereocenters. The maximum absolute atomic E-state index is 13.1. The van der Waals surface area contributed by atoms with E-state index in [2.05, 4.69) is 5.32 Å². The van der Waals surface area contributed by atoms with Crippen LogP contribution in [0.2, 0.25) is 0 Å². The minimum absolute atomic E-state index is 0.122. The molecule has 2 aromatic carbocycles. The summed E-state index contributed by atoms with van der Waals surface area (Å²) in [5.41, 5.74) is 2.07. The number of hydrogen-bond acceptors (Lipinski definition) is 5. The molecule has 0 saturated carbocycles. The first-order chi connectivity index (χ1) is 14.9. The van der Waals surface area contributed by atoms with Gasteiger partial charge in [0.1, 0.15) is 5.92 Å².